The van der Waals surface area contributed by atoms with Gasteiger partial charge in [0, 0.05) is 22.0 Å². The molecule has 4 rings (SSSR count). The number of thioether (sulfide) groups is 1. The summed E-state index contributed by atoms with van der Waals surface area (Å²) in [5.41, 5.74) is 1.28. The van der Waals surface area contributed by atoms with E-state index in [-0.39, 0.29) is 25.0 Å². The molecule has 0 radical (unpaired) electrons. The number of benzene rings is 2. The van der Waals surface area contributed by atoms with Crippen molar-refractivity contribution in [1.29, 1.82) is 0 Å². The van der Waals surface area contributed by atoms with E-state index in [1.54, 1.807) is 42.5 Å². The van der Waals surface area contributed by atoms with Crippen molar-refractivity contribution in [3.8, 4) is 5.75 Å². The lowest BCUT2D eigenvalue weighted by atomic mass is 10.0. The largest absolute Gasteiger partial charge is 0.489 e. The summed E-state index contributed by atoms with van der Waals surface area (Å²) in [7, 11) is 0. The maximum atomic E-state index is 12.9. The molecule has 0 saturated carbocycles. The van der Waals surface area contributed by atoms with Crippen molar-refractivity contribution >= 4 is 69.2 Å². The number of hydrogen-bond acceptors (Lipinski definition) is 10. The van der Waals surface area contributed by atoms with E-state index in [2.05, 4.69) is 20.8 Å². The molecule has 40 heavy (non-hydrogen) atoms. The number of rotatable bonds is 12. The Morgan fingerprint density at radius 2 is 1.77 bits per heavy atom. The maximum absolute atomic E-state index is 12.9. The first-order valence-corrected chi connectivity index (χ1v) is 14.5. The number of carbonyl (C=O) groups excluding carboxylic acids is 2. The summed E-state index contributed by atoms with van der Waals surface area (Å²) in [4.78, 5) is 37.5. The predicted octanol–water partition coefficient (Wildman–Crippen LogP) is 4.03. The minimum absolute atomic E-state index is 0.0230. The van der Waals surface area contributed by atoms with Crippen LogP contribution < -0.4 is 15.4 Å². The molecule has 0 aliphatic carbocycles. The van der Waals surface area contributed by atoms with Crippen LogP contribution in [-0.4, -0.2) is 63.9 Å². The van der Waals surface area contributed by atoms with Gasteiger partial charge in [-0.3, -0.25) is 14.9 Å². The molecule has 3 N–H and O–H groups in total. The van der Waals surface area contributed by atoms with Gasteiger partial charge in [0.05, 0.1) is 0 Å². The molecule has 3 atom stereocenters. The smallest absolute Gasteiger partial charge is 0.326 e. The zero-order valence-corrected chi connectivity index (χ0v) is 24.1. The minimum Gasteiger partial charge on any atom is -0.489 e. The molecular formula is C25H24Cl2N4O7S2. The zero-order valence-electron chi connectivity index (χ0n) is 21.0. The van der Waals surface area contributed by atoms with E-state index in [1.165, 1.54) is 23.1 Å². The van der Waals surface area contributed by atoms with Crippen LogP contribution in [0.5, 0.6) is 5.75 Å². The van der Waals surface area contributed by atoms with E-state index in [0.717, 1.165) is 5.75 Å². The second-order valence-electron chi connectivity index (χ2n) is 8.32. The van der Waals surface area contributed by atoms with E-state index in [1.807, 2.05) is 6.92 Å². The average molecular weight is 628 g/mol. The van der Waals surface area contributed by atoms with Gasteiger partial charge in [0.15, 0.2) is 16.5 Å². The summed E-state index contributed by atoms with van der Waals surface area (Å²) in [5.74, 6) is -1.37. The van der Waals surface area contributed by atoms with Gasteiger partial charge >= 0.3 is 5.97 Å². The Morgan fingerprint density at radius 3 is 2.42 bits per heavy atom. The Kier molecular flexibility index (Phi) is 10.6. The van der Waals surface area contributed by atoms with Crippen molar-refractivity contribution in [2.24, 2.45) is 0 Å². The summed E-state index contributed by atoms with van der Waals surface area (Å²) >= 11 is 15.0. The van der Waals surface area contributed by atoms with Gasteiger partial charge in [0.25, 0.3) is 11.8 Å². The number of anilines is 1. The van der Waals surface area contributed by atoms with Crippen molar-refractivity contribution in [3.05, 3.63) is 63.6 Å². The Labute approximate surface area is 247 Å². The van der Waals surface area contributed by atoms with Gasteiger partial charge in [0.1, 0.15) is 25.2 Å². The average Bonchev–Trinajstić information content (AvgIpc) is 3.59. The summed E-state index contributed by atoms with van der Waals surface area (Å²) in [6.45, 7) is 1.81. The highest BCUT2D eigenvalue weighted by molar-refractivity contribution is 8.01. The summed E-state index contributed by atoms with van der Waals surface area (Å²) in [6, 6.07) is 10.6. The fourth-order valence-electron chi connectivity index (χ4n) is 3.64. The number of hydrogen-bond donors (Lipinski definition) is 3. The van der Waals surface area contributed by atoms with Gasteiger partial charge < -0.3 is 24.6 Å². The number of aromatic nitrogens is 2. The Balaban J connectivity index is 1.33. The zero-order chi connectivity index (χ0) is 28.6. The highest BCUT2D eigenvalue weighted by Gasteiger charge is 2.42. The Bertz CT molecular complexity index is 1340. The summed E-state index contributed by atoms with van der Waals surface area (Å²) in [5, 5.41) is 23.8. The molecule has 0 unspecified atom stereocenters. The molecule has 0 spiro atoms. The van der Waals surface area contributed by atoms with Crippen LogP contribution in [0.2, 0.25) is 10.0 Å². The van der Waals surface area contributed by atoms with Crippen LogP contribution in [-0.2, 0) is 36.9 Å². The van der Waals surface area contributed by atoms with Crippen LogP contribution in [0.25, 0.3) is 0 Å². The molecule has 2 heterocycles. The minimum atomic E-state index is -1.34. The third-order valence-corrected chi connectivity index (χ3v) is 8.18. The molecular weight excluding hydrogens is 603 g/mol. The highest BCUT2D eigenvalue weighted by Crippen LogP contribution is 2.27. The van der Waals surface area contributed by atoms with E-state index in [0.29, 0.717) is 31.3 Å². The molecule has 1 saturated heterocycles. The lowest BCUT2D eigenvalue weighted by molar-refractivity contribution is -0.144. The van der Waals surface area contributed by atoms with Gasteiger partial charge in [-0.2, -0.15) is 0 Å². The molecule has 15 heteroatoms. The normalized spacial score (nSPS) is 17.3. The molecule has 11 nitrogen and oxygen atoms in total. The monoisotopic (exact) mass is 626 g/mol. The van der Waals surface area contributed by atoms with Crippen LogP contribution in [0.1, 0.15) is 18.1 Å². The number of carboxylic acids is 1. The van der Waals surface area contributed by atoms with Crippen LogP contribution >= 0.6 is 46.3 Å². The first-order chi connectivity index (χ1) is 19.2. The topological polar surface area (TPSA) is 149 Å². The first kappa shape index (κ1) is 30.0. The molecule has 2 amide bonds. The molecule has 3 aromatic rings. The summed E-state index contributed by atoms with van der Waals surface area (Å²) in [6.07, 6.45) is -2.65. The van der Waals surface area contributed by atoms with Gasteiger partial charge in [0.2, 0.25) is 5.13 Å². The molecule has 0 bridgehead atoms. The molecule has 1 aliphatic heterocycles. The quantitative estimate of drug-likeness (QED) is 0.199. The van der Waals surface area contributed by atoms with Crippen molar-refractivity contribution in [3.63, 3.8) is 0 Å². The first-order valence-electron chi connectivity index (χ1n) is 11.9. The maximum Gasteiger partial charge on any atom is 0.326 e. The van der Waals surface area contributed by atoms with Crippen molar-refractivity contribution in [2.75, 3.05) is 17.9 Å². The second-order valence-corrected chi connectivity index (χ2v) is 11.6. The van der Waals surface area contributed by atoms with Crippen molar-refractivity contribution < 1.29 is 33.7 Å². The number of carbonyl (C=O) groups is 3. The molecule has 212 valence electrons. The fourth-order valence-corrected chi connectivity index (χ4v) is 5.80. The number of ether oxygens (including phenoxy) is 3. The predicted molar refractivity (Wildman–Crippen MR) is 150 cm³/mol. The molecule has 1 aromatic heterocycles. The standard InChI is InChI=1S/C25H24Cl2N4O7S2/c1-2-39-25-31-30-24(40-25)29-22(33)20-19(37-12-38-20)21(32)28-18(23(34)35)10-13-6-8-14(9-7-13)36-11-15-16(26)4-3-5-17(15)27/h3-9,18-20H,2,10-12H2,1H3,(H,28,32)(H,34,35)(H,29,30,33)/t18-,19+,20+/m0/s1. The number of nitrogens with zero attached hydrogens (tertiary/aromatic N) is 2. The third kappa shape index (κ3) is 7.83. The lowest BCUT2D eigenvalue weighted by Gasteiger charge is -2.19. The highest BCUT2D eigenvalue weighted by atomic mass is 35.5. The van der Waals surface area contributed by atoms with E-state index in [4.69, 9.17) is 37.4 Å². The van der Waals surface area contributed by atoms with Gasteiger partial charge in [-0.15, -0.1) is 10.2 Å². The Hall–Kier alpha value is -2.94. The van der Waals surface area contributed by atoms with Crippen LogP contribution in [0.3, 0.4) is 0 Å². The van der Waals surface area contributed by atoms with E-state index >= 15 is 0 Å². The van der Waals surface area contributed by atoms with Gasteiger partial charge in [-0.1, -0.05) is 71.4 Å². The van der Waals surface area contributed by atoms with Crippen LogP contribution in [0.15, 0.2) is 46.8 Å². The SMILES string of the molecule is CCSc1nnc(NC(=O)[C@@H]2OCO[C@H]2C(=O)N[C@@H](Cc2ccc(OCc3c(Cl)cccc3Cl)cc2)C(=O)O)s1. The van der Waals surface area contributed by atoms with Crippen molar-refractivity contribution in [2.45, 2.75) is 42.5 Å². The van der Waals surface area contributed by atoms with Crippen molar-refractivity contribution in [1.82, 2.24) is 15.5 Å². The van der Waals surface area contributed by atoms with Gasteiger partial charge in [-0.05, 0) is 35.6 Å². The van der Waals surface area contributed by atoms with Crippen LogP contribution in [0, 0.1) is 0 Å². The van der Waals surface area contributed by atoms with Crippen LogP contribution in [0.4, 0.5) is 5.13 Å². The Morgan fingerprint density at radius 1 is 1.10 bits per heavy atom. The summed E-state index contributed by atoms with van der Waals surface area (Å²) < 4.78 is 17.0. The second kappa shape index (κ2) is 14.1. The number of aliphatic carboxylic acids is 1. The molecule has 1 fully saturated rings. The molecule has 1 aliphatic rings. The number of nitrogens with one attached hydrogen (secondary N) is 2. The molecule has 2 aromatic carbocycles. The lowest BCUT2D eigenvalue weighted by Crippen LogP contribution is -2.51. The number of halogens is 2. The number of carboxylic acid groups (broad SMARTS) is 1. The third-order valence-electron chi connectivity index (χ3n) is 5.61. The van der Waals surface area contributed by atoms with E-state index < -0.39 is 36.0 Å². The number of amides is 2. The van der Waals surface area contributed by atoms with E-state index in [9.17, 15) is 19.5 Å². The van der Waals surface area contributed by atoms with Gasteiger partial charge in [-0.25, -0.2) is 4.79 Å². The fraction of sp³-hybridized carbons (Fsp3) is 0.320.